The van der Waals surface area contributed by atoms with E-state index in [1.165, 1.54) is 49.8 Å². The fourth-order valence-corrected chi connectivity index (χ4v) is 10.4. The molecule has 34 nitrogen and oxygen atoms in total. The van der Waals surface area contributed by atoms with Crippen LogP contribution in [0.2, 0.25) is 0 Å². The van der Waals surface area contributed by atoms with Crippen LogP contribution in [0.3, 0.4) is 0 Å². The number of ether oxygens (including phenoxy) is 7. The summed E-state index contributed by atoms with van der Waals surface area (Å²) in [7, 11) is 4.99. The van der Waals surface area contributed by atoms with Gasteiger partial charge in [-0.3, -0.25) is 41.0 Å². The van der Waals surface area contributed by atoms with E-state index in [2.05, 4.69) is 56.8 Å². The van der Waals surface area contributed by atoms with E-state index in [1.807, 2.05) is 0 Å². The molecule has 9 N–H and O–H groups in total. The van der Waals surface area contributed by atoms with Crippen molar-refractivity contribution < 1.29 is 91.0 Å². The van der Waals surface area contributed by atoms with E-state index in [4.69, 9.17) is 44.0 Å². The molecule has 0 radical (unpaired) electrons. The van der Waals surface area contributed by atoms with E-state index >= 15 is 0 Å². The first-order valence-corrected chi connectivity index (χ1v) is 33.2. The van der Waals surface area contributed by atoms with Crippen LogP contribution in [0, 0.1) is 0 Å². The number of halogens is 1. The third-order valence-corrected chi connectivity index (χ3v) is 14.6. The van der Waals surface area contributed by atoms with Crippen LogP contribution in [0.4, 0.5) is 52.0 Å². The second kappa shape index (κ2) is 36.3. The summed E-state index contributed by atoms with van der Waals surface area (Å²) in [6, 6.07) is 4.50. The molecular formula is C59H72ClN15O19S5. The third-order valence-electron chi connectivity index (χ3n) is 10.9. The van der Waals surface area contributed by atoms with Gasteiger partial charge >= 0.3 is 48.1 Å². The number of aromatic carboxylic acids is 1. The molecule has 8 heterocycles. The van der Waals surface area contributed by atoms with Crippen LogP contribution < -0.4 is 42.4 Å². The number of nitrogens with zero attached hydrogens (tertiary/aromatic N) is 8. The summed E-state index contributed by atoms with van der Waals surface area (Å²) in [5.41, 5.74) is 6.15. The number of rotatable bonds is 18. The normalized spacial score (nSPS) is 10.7. The lowest BCUT2D eigenvalue weighted by Gasteiger charge is -2.19. The molecule has 0 aliphatic rings. The van der Waals surface area contributed by atoms with Crippen LogP contribution in [0.5, 0.6) is 5.19 Å². The predicted octanol–water partition coefficient (Wildman–Crippen LogP) is 11.3. The molecule has 0 unspecified atom stereocenters. The summed E-state index contributed by atoms with van der Waals surface area (Å²) < 4.78 is 39.7. The maximum absolute atomic E-state index is 12.6. The first-order chi connectivity index (χ1) is 45.8. The molecule has 534 valence electrons. The molecule has 0 saturated heterocycles. The van der Waals surface area contributed by atoms with Crippen LogP contribution in [-0.4, -0.2) is 146 Å². The first kappa shape index (κ1) is 81.1. The lowest BCUT2D eigenvalue weighted by molar-refractivity contribution is 0.0510. The number of carboxylic acid groups (broad SMARTS) is 1. The average Bonchev–Trinajstić information content (AvgIpc) is 1.70. The number of aryl methyl sites for hydroxylation is 3. The Morgan fingerprint density at radius 2 is 0.778 bits per heavy atom. The van der Waals surface area contributed by atoms with Crippen molar-refractivity contribution >= 4 is 173 Å². The fraction of sp³-hybridized carbons (Fsp3) is 0.356. The largest absolute Gasteiger partial charge is 0.476 e. The van der Waals surface area contributed by atoms with Gasteiger partial charge in [0.2, 0.25) is 0 Å². The van der Waals surface area contributed by atoms with Gasteiger partial charge in [-0.05, 0) is 101 Å². The molecule has 8 aromatic heterocycles. The van der Waals surface area contributed by atoms with E-state index in [0.29, 0.717) is 33.6 Å². The van der Waals surface area contributed by atoms with E-state index in [-0.39, 0.29) is 92.9 Å². The summed E-state index contributed by atoms with van der Waals surface area (Å²) >= 11 is 5.34. The zero-order valence-electron chi connectivity index (χ0n) is 55.9. The van der Waals surface area contributed by atoms with Crippen LogP contribution in [0.25, 0.3) is 0 Å². The van der Waals surface area contributed by atoms with Gasteiger partial charge in [0.05, 0.1) is 36.9 Å². The summed E-state index contributed by atoms with van der Waals surface area (Å²) in [4.78, 5) is 150. The fourth-order valence-electron chi connectivity index (χ4n) is 7.09. The molecule has 40 heteroatoms. The molecule has 8 rings (SSSR count). The summed E-state index contributed by atoms with van der Waals surface area (Å²) in [5, 5.41) is 32.2. The van der Waals surface area contributed by atoms with Crippen molar-refractivity contribution in [2.24, 2.45) is 21.1 Å². The Morgan fingerprint density at radius 1 is 0.434 bits per heavy atom. The molecule has 0 aliphatic heterocycles. The summed E-state index contributed by atoms with van der Waals surface area (Å²) in [6.07, 6.45) is 2.80. The van der Waals surface area contributed by atoms with E-state index in [1.54, 1.807) is 132 Å². The molecular weight excluding hydrogens is 1420 g/mol. The number of hydrogen-bond acceptors (Lipinski definition) is 29. The minimum atomic E-state index is -1.13. The highest BCUT2D eigenvalue weighted by atomic mass is 35.5. The second-order valence-corrected chi connectivity index (χ2v) is 26.7. The van der Waals surface area contributed by atoms with Crippen LogP contribution in [0.15, 0.2) is 63.7 Å². The van der Waals surface area contributed by atoms with Crippen molar-refractivity contribution in [3.63, 3.8) is 0 Å². The number of aromatic nitrogens is 8. The molecule has 0 aliphatic carbocycles. The Labute approximate surface area is 591 Å². The lowest BCUT2D eigenvalue weighted by atomic mass is 10.2. The van der Waals surface area contributed by atoms with Crippen molar-refractivity contribution in [2.45, 2.75) is 99.9 Å². The SMILES string of the molecule is CC(C)(C)OC(=O)Nc1nc(C(=O)O)cs1.CCOC(=O)c1csc(NC(=O)c2cc(N)cn2C)n1.CCOC(=O)c1csc(NC(=O)c2cc(NC(=O)OC(C)(C)C)cn2C)n1.CCOC(=O)c1csc(OC(=O)c2cc(NC(=O)c3csc(NC(=O)OC(C)(C)C)n3)cn2C)n1.Cl. The smallest absolute Gasteiger partial charge is 0.413 e. The second-order valence-electron chi connectivity index (χ2n) is 22.5. The number of carbonyl (C=O) groups excluding carboxylic acids is 10. The molecule has 6 amide bonds. The molecule has 0 spiro atoms. The monoisotopic (exact) mass is 1490 g/mol. The van der Waals surface area contributed by atoms with Gasteiger partial charge in [-0.15, -0.1) is 57.8 Å². The molecule has 8 aromatic rings. The van der Waals surface area contributed by atoms with Gasteiger partial charge in [-0.1, -0.05) is 11.3 Å². The van der Waals surface area contributed by atoms with E-state index in [0.717, 1.165) is 56.7 Å². The van der Waals surface area contributed by atoms with Crippen LogP contribution >= 0.6 is 69.1 Å². The maximum atomic E-state index is 12.6. The Hall–Kier alpha value is -10.4. The minimum absolute atomic E-state index is 0. The highest BCUT2D eigenvalue weighted by Gasteiger charge is 2.25. The minimum Gasteiger partial charge on any atom is -0.476 e. The van der Waals surface area contributed by atoms with E-state index in [9.17, 15) is 52.7 Å². The molecule has 0 atom stereocenters. The number of esters is 4. The van der Waals surface area contributed by atoms with Crippen LogP contribution in [0.1, 0.15) is 167 Å². The van der Waals surface area contributed by atoms with Crippen molar-refractivity contribution in [3.05, 3.63) is 109 Å². The topological polar surface area (TPSA) is 450 Å². The Bertz CT molecular complexity index is 4180. The number of nitrogens with two attached hydrogens (primary N) is 1. The zero-order valence-corrected chi connectivity index (χ0v) is 60.8. The highest BCUT2D eigenvalue weighted by Crippen LogP contribution is 2.26. The molecule has 0 saturated carbocycles. The lowest BCUT2D eigenvalue weighted by Crippen LogP contribution is -2.27. The molecule has 0 fully saturated rings. The van der Waals surface area contributed by atoms with E-state index < -0.39 is 76.7 Å². The van der Waals surface area contributed by atoms with Crippen molar-refractivity contribution in [1.29, 1.82) is 0 Å². The Balaban J connectivity index is 0.000000291. The van der Waals surface area contributed by atoms with Crippen molar-refractivity contribution in [2.75, 3.05) is 57.5 Å². The van der Waals surface area contributed by atoms with Gasteiger partial charge in [-0.2, -0.15) is 4.98 Å². The third kappa shape index (κ3) is 26.9. The highest BCUT2D eigenvalue weighted by molar-refractivity contribution is 7.15. The van der Waals surface area contributed by atoms with Gasteiger partial charge in [0, 0.05) is 66.6 Å². The molecule has 0 bridgehead atoms. The van der Waals surface area contributed by atoms with Gasteiger partial charge in [0.15, 0.2) is 43.3 Å². The van der Waals surface area contributed by atoms with Crippen molar-refractivity contribution in [1.82, 2.24) is 38.6 Å². The number of nitrogens with one attached hydrogen (secondary N) is 6. The summed E-state index contributed by atoms with van der Waals surface area (Å²) in [5.74, 6) is -4.83. The Morgan fingerprint density at radius 3 is 1.19 bits per heavy atom. The number of carboxylic acids is 1. The van der Waals surface area contributed by atoms with Gasteiger partial charge in [-0.25, -0.2) is 58.3 Å². The summed E-state index contributed by atoms with van der Waals surface area (Å²) in [6.45, 7) is 21.5. The molecule has 0 aromatic carbocycles. The number of amides is 6. The maximum Gasteiger partial charge on any atom is 0.413 e. The number of carbonyl (C=O) groups is 11. The van der Waals surface area contributed by atoms with Crippen LogP contribution in [-0.2, 0) is 49.6 Å². The number of hydrogen-bond donors (Lipinski definition) is 8. The number of anilines is 7. The van der Waals surface area contributed by atoms with Gasteiger partial charge < -0.3 is 63.0 Å². The molecule has 99 heavy (non-hydrogen) atoms. The zero-order chi connectivity index (χ0) is 73.0. The van der Waals surface area contributed by atoms with Crippen molar-refractivity contribution in [3.8, 4) is 5.19 Å². The van der Waals surface area contributed by atoms with Gasteiger partial charge in [0.1, 0.15) is 39.6 Å². The quantitative estimate of drug-likeness (QED) is 0.0292. The predicted molar refractivity (Wildman–Crippen MR) is 372 cm³/mol. The first-order valence-electron chi connectivity index (χ1n) is 28.8. The number of thiazole rings is 5. The number of nitrogen functional groups attached to an aromatic ring is 1. The van der Waals surface area contributed by atoms with Gasteiger partial charge in [0.25, 0.3) is 22.9 Å². The average molecular weight is 1490 g/mol. The Kier molecular flexibility index (Phi) is 29.7. The standard InChI is InChI=1S/C21H23N5O7S2.C17H22N4O5S.C12H14N4O3S.C9H12N2O4S.ClH/c1-6-31-16(28)13-10-35-20(24-13)32-17(29)14-7-11(8-26(14)5)22-15(27)12-9-34-18(23-12)25-19(30)33-21(2,3)4;1-6-25-14(23)11-9-27-15(19-11)20-13(22)12-7-10(8-21(12)5)18-16(24)26-17(2,3)4;1-3-19-11(18)8-6-20-12(14-8)15-10(17)9-4-7(13)5-16(9)2;1-9(2,3)15-8(14)11-7-10-5(4-16-7)6(12)13;/h7-10H,6H2,1-5H3,(H,22,27)(H,23,25,30);7-9H,6H2,1-5H3,(H,18,24)(H,19,20,22);4-6H,3,13H2,1-2H3,(H,14,15,17);4H,1-3H3,(H,12,13)(H,10,11,14);1H.